The Kier molecular flexibility index (Phi) is 3.00. The number of aryl methyl sites for hydroxylation is 1. The van der Waals surface area contributed by atoms with Gasteiger partial charge in [-0.15, -0.1) is 0 Å². The molecule has 0 aliphatic heterocycles. The summed E-state index contributed by atoms with van der Waals surface area (Å²) in [5.74, 6) is -0.325. The Morgan fingerprint density at radius 1 is 1.29 bits per heavy atom. The summed E-state index contributed by atoms with van der Waals surface area (Å²) >= 11 is 0. The lowest BCUT2D eigenvalue weighted by Gasteiger charge is -2.08. The van der Waals surface area contributed by atoms with Gasteiger partial charge in [-0.3, -0.25) is 0 Å². The van der Waals surface area contributed by atoms with E-state index < -0.39 is 5.97 Å². The van der Waals surface area contributed by atoms with E-state index in [1.54, 1.807) is 13.0 Å². The van der Waals surface area contributed by atoms with E-state index in [0.29, 0.717) is 12.2 Å². The molecule has 0 spiro atoms. The van der Waals surface area contributed by atoms with Crippen LogP contribution in [-0.4, -0.2) is 17.7 Å². The Balaban J connectivity index is 2.70. The third-order valence-corrected chi connectivity index (χ3v) is 2.69. The lowest BCUT2D eigenvalue weighted by molar-refractivity contribution is 0.0528. The van der Waals surface area contributed by atoms with Crippen molar-refractivity contribution in [3.05, 3.63) is 41.5 Å². The summed E-state index contributed by atoms with van der Waals surface area (Å²) in [6.07, 6.45) is 0. The summed E-state index contributed by atoms with van der Waals surface area (Å²) in [4.78, 5) is 11.8. The largest absolute Gasteiger partial charge is 0.508 e. The highest BCUT2D eigenvalue weighted by atomic mass is 16.5. The number of benzene rings is 2. The first-order valence-corrected chi connectivity index (χ1v) is 5.53. The normalized spacial score (nSPS) is 10.5. The van der Waals surface area contributed by atoms with Crippen LogP contribution < -0.4 is 0 Å². The average molecular weight is 230 g/mol. The molecule has 0 aliphatic rings. The van der Waals surface area contributed by atoms with Gasteiger partial charge in [-0.25, -0.2) is 4.79 Å². The smallest absolute Gasteiger partial charge is 0.338 e. The van der Waals surface area contributed by atoms with Gasteiger partial charge in [0.15, 0.2) is 0 Å². The predicted molar refractivity (Wildman–Crippen MR) is 66.3 cm³/mol. The zero-order chi connectivity index (χ0) is 12.4. The standard InChI is InChI=1S/C14H14O3/c1-3-17-14(16)13-8-10(15)7-12-9(2)5-4-6-11(12)13/h4-8,15H,3H2,1-2H3. The topological polar surface area (TPSA) is 46.5 Å². The summed E-state index contributed by atoms with van der Waals surface area (Å²) < 4.78 is 4.98. The van der Waals surface area contributed by atoms with E-state index in [0.717, 1.165) is 16.3 Å². The minimum absolute atomic E-state index is 0.0786. The van der Waals surface area contributed by atoms with Crippen molar-refractivity contribution in [3.63, 3.8) is 0 Å². The molecule has 0 fully saturated rings. The highest BCUT2D eigenvalue weighted by Crippen LogP contribution is 2.27. The maximum absolute atomic E-state index is 11.8. The molecule has 0 unspecified atom stereocenters. The molecule has 0 saturated heterocycles. The molecule has 3 nitrogen and oxygen atoms in total. The Morgan fingerprint density at radius 3 is 2.76 bits per heavy atom. The highest BCUT2D eigenvalue weighted by molar-refractivity contribution is 6.06. The second kappa shape index (κ2) is 4.45. The molecule has 0 heterocycles. The molecular weight excluding hydrogens is 216 g/mol. The van der Waals surface area contributed by atoms with Gasteiger partial charge in [-0.1, -0.05) is 18.2 Å². The maximum atomic E-state index is 11.8. The fourth-order valence-corrected chi connectivity index (χ4v) is 1.90. The number of aromatic hydroxyl groups is 1. The van der Waals surface area contributed by atoms with Gasteiger partial charge in [0, 0.05) is 0 Å². The third-order valence-electron chi connectivity index (χ3n) is 2.69. The number of hydrogen-bond acceptors (Lipinski definition) is 3. The number of esters is 1. The second-order valence-corrected chi connectivity index (χ2v) is 3.88. The number of phenols is 1. The molecule has 0 bridgehead atoms. The van der Waals surface area contributed by atoms with Gasteiger partial charge in [-0.2, -0.15) is 0 Å². The minimum atomic E-state index is -0.404. The summed E-state index contributed by atoms with van der Waals surface area (Å²) in [5, 5.41) is 11.3. The Hall–Kier alpha value is -2.03. The fraction of sp³-hybridized carbons (Fsp3) is 0.214. The number of hydrogen-bond donors (Lipinski definition) is 1. The molecule has 0 radical (unpaired) electrons. The SMILES string of the molecule is CCOC(=O)c1cc(O)cc2c(C)cccc12. The zero-order valence-corrected chi connectivity index (χ0v) is 9.86. The van der Waals surface area contributed by atoms with Crippen LogP contribution >= 0.6 is 0 Å². The Morgan fingerprint density at radius 2 is 2.06 bits per heavy atom. The van der Waals surface area contributed by atoms with Gasteiger partial charge < -0.3 is 9.84 Å². The van der Waals surface area contributed by atoms with Crippen molar-refractivity contribution in [1.82, 2.24) is 0 Å². The van der Waals surface area contributed by atoms with E-state index in [9.17, 15) is 9.90 Å². The predicted octanol–water partition coefficient (Wildman–Crippen LogP) is 3.03. The van der Waals surface area contributed by atoms with Crippen LogP contribution in [0.4, 0.5) is 0 Å². The van der Waals surface area contributed by atoms with Crippen LogP contribution in [-0.2, 0) is 4.74 Å². The monoisotopic (exact) mass is 230 g/mol. The number of phenolic OH excluding ortho intramolecular Hbond substituents is 1. The molecular formula is C14H14O3. The summed E-state index contributed by atoms with van der Waals surface area (Å²) in [6.45, 7) is 4.02. The van der Waals surface area contributed by atoms with Gasteiger partial charge in [0.05, 0.1) is 12.2 Å². The molecule has 0 aliphatic carbocycles. The van der Waals surface area contributed by atoms with E-state index in [4.69, 9.17) is 4.74 Å². The average Bonchev–Trinajstić information content (AvgIpc) is 2.30. The Labute approximate surface area is 99.6 Å². The van der Waals surface area contributed by atoms with Crippen LogP contribution in [0.3, 0.4) is 0 Å². The number of rotatable bonds is 2. The van der Waals surface area contributed by atoms with Crippen LogP contribution in [0, 0.1) is 6.92 Å². The molecule has 0 aromatic heterocycles. The van der Waals surface area contributed by atoms with E-state index in [1.165, 1.54) is 6.07 Å². The molecule has 1 N–H and O–H groups in total. The van der Waals surface area contributed by atoms with E-state index in [-0.39, 0.29) is 5.75 Å². The summed E-state index contributed by atoms with van der Waals surface area (Å²) in [6, 6.07) is 8.79. The quantitative estimate of drug-likeness (QED) is 0.806. The van der Waals surface area contributed by atoms with Crippen LogP contribution in [0.25, 0.3) is 10.8 Å². The van der Waals surface area contributed by atoms with Gasteiger partial charge in [0.1, 0.15) is 5.75 Å². The Bertz CT molecular complexity index is 573. The number of ether oxygens (including phenoxy) is 1. The van der Waals surface area contributed by atoms with E-state index in [1.807, 2.05) is 25.1 Å². The van der Waals surface area contributed by atoms with Crippen LogP contribution in [0.15, 0.2) is 30.3 Å². The molecule has 0 atom stereocenters. The first-order valence-electron chi connectivity index (χ1n) is 5.53. The fourth-order valence-electron chi connectivity index (χ4n) is 1.90. The van der Waals surface area contributed by atoms with Crippen molar-refractivity contribution in [2.75, 3.05) is 6.61 Å². The minimum Gasteiger partial charge on any atom is -0.508 e. The first kappa shape index (κ1) is 11.5. The molecule has 88 valence electrons. The van der Waals surface area contributed by atoms with Crippen LogP contribution in [0.1, 0.15) is 22.8 Å². The van der Waals surface area contributed by atoms with E-state index in [2.05, 4.69) is 0 Å². The lowest BCUT2D eigenvalue weighted by atomic mass is 10.0. The van der Waals surface area contributed by atoms with Crippen molar-refractivity contribution in [2.24, 2.45) is 0 Å². The highest BCUT2D eigenvalue weighted by Gasteiger charge is 2.13. The van der Waals surface area contributed by atoms with Crippen molar-refractivity contribution in [3.8, 4) is 5.75 Å². The van der Waals surface area contributed by atoms with Crippen molar-refractivity contribution >= 4 is 16.7 Å². The third kappa shape index (κ3) is 2.09. The maximum Gasteiger partial charge on any atom is 0.338 e. The van der Waals surface area contributed by atoms with Crippen molar-refractivity contribution in [2.45, 2.75) is 13.8 Å². The molecule has 2 aromatic carbocycles. The van der Waals surface area contributed by atoms with Gasteiger partial charge in [0.2, 0.25) is 0 Å². The van der Waals surface area contributed by atoms with E-state index >= 15 is 0 Å². The summed E-state index contributed by atoms with van der Waals surface area (Å²) in [7, 11) is 0. The molecule has 0 amide bonds. The lowest BCUT2D eigenvalue weighted by Crippen LogP contribution is -2.05. The molecule has 3 heteroatoms. The van der Waals surface area contributed by atoms with Gasteiger partial charge >= 0.3 is 5.97 Å². The molecule has 0 saturated carbocycles. The molecule has 2 rings (SSSR count). The second-order valence-electron chi connectivity index (χ2n) is 3.88. The van der Waals surface area contributed by atoms with Crippen molar-refractivity contribution < 1.29 is 14.6 Å². The zero-order valence-electron chi connectivity index (χ0n) is 9.86. The number of carbonyl (C=O) groups excluding carboxylic acids is 1. The first-order chi connectivity index (χ1) is 8.13. The summed E-state index contributed by atoms with van der Waals surface area (Å²) in [5.41, 5.74) is 1.43. The number of fused-ring (bicyclic) bond motifs is 1. The van der Waals surface area contributed by atoms with Gasteiger partial charge in [0.25, 0.3) is 0 Å². The van der Waals surface area contributed by atoms with Crippen LogP contribution in [0.5, 0.6) is 5.75 Å². The van der Waals surface area contributed by atoms with Crippen molar-refractivity contribution in [1.29, 1.82) is 0 Å². The van der Waals surface area contributed by atoms with Crippen LogP contribution in [0.2, 0.25) is 0 Å². The molecule has 2 aromatic rings. The van der Waals surface area contributed by atoms with Gasteiger partial charge in [-0.05, 0) is 42.3 Å². The molecule has 17 heavy (non-hydrogen) atoms. The number of carbonyl (C=O) groups is 1.